The van der Waals surface area contributed by atoms with Crippen molar-refractivity contribution in [3.63, 3.8) is 0 Å². The lowest BCUT2D eigenvalue weighted by atomic mass is 9.82. The van der Waals surface area contributed by atoms with Gasteiger partial charge in [-0.05, 0) is 25.0 Å². The molecule has 3 heteroatoms. The van der Waals surface area contributed by atoms with Gasteiger partial charge in [0.1, 0.15) is 6.10 Å². The number of carbonyl (C=O) groups excluding carboxylic acids is 1. The minimum Gasteiger partial charge on any atom is -0.458 e. The molecule has 4 rings (SSSR count). The number of quaternary nitrogens is 1. The van der Waals surface area contributed by atoms with E-state index in [9.17, 15) is 4.79 Å². The van der Waals surface area contributed by atoms with E-state index in [0.717, 1.165) is 11.8 Å². The highest BCUT2D eigenvalue weighted by molar-refractivity contribution is 5.89. The fraction of sp³-hybridized carbons (Fsp3) is 0.588. The van der Waals surface area contributed by atoms with Crippen molar-refractivity contribution in [2.45, 2.75) is 18.9 Å². The predicted molar refractivity (Wildman–Crippen MR) is 75.5 cm³/mol. The third kappa shape index (κ3) is 1.80. The second kappa shape index (κ2) is 4.59. The molecule has 0 amide bonds. The molecule has 1 aromatic rings. The highest BCUT2D eigenvalue weighted by atomic mass is 16.5. The Hall–Kier alpha value is -1.35. The lowest BCUT2D eigenvalue weighted by Crippen LogP contribution is -3.07. The van der Waals surface area contributed by atoms with Gasteiger partial charge in [0.15, 0.2) is 0 Å². The van der Waals surface area contributed by atoms with E-state index in [1.165, 1.54) is 25.9 Å². The van der Waals surface area contributed by atoms with Gasteiger partial charge >= 0.3 is 5.97 Å². The molecule has 6 atom stereocenters. The summed E-state index contributed by atoms with van der Waals surface area (Å²) < 4.78 is 5.91. The first-order valence-electron chi connectivity index (χ1n) is 7.81. The molecular formula is C17H22NO2+. The van der Waals surface area contributed by atoms with Gasteiger partial charge in [-0.15, -0.1) is 0 Å². The maximum Gasteiger partial charge on any atom is 0.338 e. The second-order valence-corrected chi connectivity index (χ2v) is 6.83. The molecular weight excluding hydrogens is 250 g/mol. The van der Waals surface area contributed by atoms with Crippen LogP contribution in [0.2, 0.25) is 0 Å². The highest BCUT2D eigenvalue weighted by Crippen LogP contribution is 2.54. The molecule has 2 saturated carbocycles. The van der Waals surface area contributed by atoms with E-state index in [2.05, 4.69) is 7.05 Å². The fourth-order valence-corrected chi connectivity index (χ4v) is 5.02. The normalized spacial score (nSPS) is 41.6. The molecule has 2 bridgehead atoms. The standard InChI is InChI=1S/C17H21NO2/c1-18-9-14-12-7-8-13(15(14)10-18)16(12)20-17(19)11-5-3-2-4-6-11/h2-6,12-16H,7-10H2,1H3/p+1/t12-,13-,14-,15+,16?/m0/s1. The summed E-state index contributed by atoms with van der Waals surface area (Å²) in [6.45, 7) is 2.54. The van der Waals surface area contributed by atoms with E-state index in [-0.39, 0.29) is 12.1 Å². The number of rotatable bonds is 2. The van der Waals surface area contributed by atoms with Crippen LogP contribution in [0.5, 0.6) is 0 Å². The third-order valence-electron chi connectivity index (χ3n) is 5.75. The number of likely N-dealkylation sites (tertiary alicyclic amines) is 1. The molecule has 1 heterocycles. The molecule has 0 aromatic heterocycles. The van der Waals surface area contributed by atoms with Crippen LogP contribution in [0.25, 0.3) is 0 Å². The van der Waals surface area contributed by atoms with Crippen LogP contribution in [0.4, 0.5) is 0 Å². The Morgan fingerprint density at radius 2 is 1.65 bits per heavy atom. The van der Waals surface area contributed by atoms with Crippen molar-refractivity contribution in [1.29, 1.82) is 0 Å². The van der Waals surface area contributed by atoms with Crippen LogP contribution in [-0.4, -0.2) is 32.2 Å². The van der Waals surface area contributed by atoms with Crippen LogP contribution >= 0.6 is 0 Å². The quantitative estimate of drug-likeness (QED) is 0.815. The molecule has 0 radical (unpaired) electrons. The number of benzene rings is 1. The largest absolute Gasteiger partial charge is 0.458 e. The van der Waals surface area contributed by atoms with Crippen molar-refractivity contribution in [2.24, 2.45) is 23.7 Å². The van der Waals surface area contributed by atoms with Crippen molar-refractivity contribution >= 4 is 5.97 Å². The molecule has 3 aliphatic rings. The van der Waals surface area contributed by atoms with Gasteiger partial charge in [-0.2, -0.15) is 0 Å². The van der Waals surface area contributed by atoms with E-state index >= 15 is 0 Å². The monoisotopic (exact) mass is 272 g/mol. The van der Waals surface area contributed by atoms with Crippen LogP contribution in [0.3, 0.4) is 0 Å². The average molecular weight is 272 g/mol. The predicted octanol–water partition coefficient (Wildman–Crippen LogP) is 1.01. The van der Waals surface area contributed by atoms with Crippen molar-refractivity contribution in [3.8, 4) is 0 Å². The zero-order valence-corrected chi connectivity index (χ0v) is 11.9. The number of hydrogen-bond acceptors (Lipinski definition) is 2. The lowest BCUT2D eigenvalue weighted by molar-refractivity contribution is -0.870. The summed E-state index contributed by atoms with van der Waals surface area (Å²) in [4.78, 5) is 13.9. The van der Waals surface area contributed by atoms with Gasteiger partial charge < -0.3 is 9.64 Å². The number of carbonyl (C=O) groups is 1. The zero-order chi connectivity index (χ0) is 13.7. The lowest BCUT2D eigenvalue weighted by Gasteiger charge is -2.20. The molecule has 106 valence electrons. The molecule has 0 spiro atoms. The van der Waals surface area contributed by atoms with E-state index in [1.54, 1.807) is 4.90 Å². The van der Waals surface area contributed by atoms with E-state index < -0.39 is 0 Å². The molecule has 20 heavy (non-hydrogen) atoms. The van der Waals surface area contributed by atoms with Crippen molar-refractivity contribution < 1.29 is 14.4 Å². The maximum atomic E-state index is 12.3. The first-order chi connectivity index (χ1) is 9.74. The Bertz CT molecular complexity index is 495. The minimum absolute atomic E-state index is 0.131. The number of esters is 1. The number of nitrogens with one attached hydrogen (secondary N) is 1. The van der Waals surface area contributed by atoms with E-state index in [4.69, 9.17) is 4.74 Å². The van der Waals surface area contributed by atoms with E-state index in [0.29, 0.717) is 17.4 Å². The second-order valence-electron chi connectivity index (χ2n) is 6.83. The summed E-state index contributed by atoms with van der Waals surface area (Å²) in [5, 5.41) is 0. The van der Waals surface area contributed by atoms with E-state index in [1.807, 2.05) is 30.3 Å². The van der Waals surface area contributed by atoms with Crippen LogP contribution in [-0.2, 0) is 4.74 Å². The molecule has 3 fully saturated rings. The third-order valence-corrected chi connectivity index (χ3v) is 5.75. The molecule has 2 unspecified atom stereocenters. The molecule has 3 nitrogen and oxygen atoms in total. The van der Waals surface area contributed by atoms with Crippen molar-refractivity contribution in [1.82, 2.24) is 0 Å². The summed E-state index contributed by atoms with van der Waals surface area (Å²) in [6, 6.07) is 9.41. The first kappa shape index (κ1) is 12.4. The molecule has 1 saturated heterocycles. The number of ether oxygens (including phenoxy) is 1. The van der Waals surface area contributed by atoms with Crippen LogP contribution in [0.1, 0.15) is 23.2 Å². The Kier molecular flexibility index (Phi) is 2.84. The van der Waals surface area contributed by atoms with Gasteiger partial charge in [0, 0.05) is 23.7 Å². The summed E-state index contributed by atoms with van der Waals surface area (Å²) in [5.41, 5.74) is 0.687. The SMILES string of the molecule is C[NH+]1C[C@@H]2[C@H](C1)[C@@H]1CC[C@@H]2C1OC(=O)c1ccccc1. The number of fused-ring (bicyclic) bond motifs is 5. The first-order valence-corrected chi connectivity index (χ1v) is 7.81. The van der Waals surface area contributed by atoms with Gasteiger partial charge in [0.05, 0.1) is 25.7 Å². The summed E-state index contributed by atoms with van der Waals surface area (Å²) in [6.07, 6.45) is 2.70. The van der Waals surface area contributed by atoms with Gasteiger partial charge in [-0.25, -0.2) is 4.79 Å². The smallest absolute Gasteiger partial charge is 0.338 e. The van der Waals surface area contributed by atoms with Crippen molar-refractivity contribution in [2.75, 3.05) is 20.1 Å². The highest BCUT2D eigenvalue weighted by Gasteiger charge is 2.60. The molecule has 1 aromatic carbocycles. The Labute approximate surface area is 119 Å². The zero-order valence-electron chi connectivity index (χ0n) is 11.9. The van der Waals surface area contributed by atoms with Gasteiger partial charge in [0.2, 0.25) is 0 Å². The maximum absolute atomic E-state index is 12.3. The summed E-state index contributed by atoms with van der Waals surface area (Å²) >= 11 is 0. The average Bonchev–Trinajstić information content (AvgIpc) is 3.10. The molecule has 2 aliphatic carbocycles. The Morgan fingerprint density at radius 3 is 2.25 bits per heavy atom. The van der Waals surface area contributed by atoms with Gasteiger partial charge in [-0.1, -0.05) is 18.2 Å². The Morgan fingerprint density at radius 1 is 1.05 bits per heavy atom. The number of hydrogen-bond donors (Lipinski definition) is 1. The fourth-order valence-electron chi connectivity index (χ4n) is 5.02. The molecule has 1 N–H and O–H groups in total. The van der Waals surface area contributed by atoms with Crippen LogP contribution < -0.4 is 4.90 Å². The Balaban J connectivity index is 1.50. The molecule has 1 aliphatic heterocycles. The summed E-state index contributed by atoms with van der Waals surface area (Å²) in [5.74, 6) is 2.70. The van der Waals surface area contributed by atoms with Crippen LogP contribution in [0, 0.1) is 23.7 Å². The topological polar surface area (TPSA) is 30.7 Å². The van der Waals surface area contributed by atoms with Gasteiger partial charge in [-0.3, -0.25) is 0 Å². The van der Waals surface area contributed by atoms with Crippen LogP contribution in [0.15, 0.2) is 30.3 Å². The minimum atomic E-state index is -0.131. The summed E-state index contributed by atoms with van der Waals surface area (Å²) in [7, 11) is 2.29. The van der Waals surface area contributed by atoms with Crippen molar-refractivity contribution in [3.05, 3.63) is 35.9 Å². The van der Waals surface area contributed by atoms with Gasteiger partial charge in [0.25, 0.3) is 0 Å².